The Hall–Kier alpha value is -0.280. The fourth-order valence-corrected chi connectivity index (χ4v) is 2.23. The average molecular weight is 189 g/mol. The second-order valence-electron chi connectivity index (χ2n) is 3.86. The molecule has 0 aromatic carbocycles. The number of hydrogen-bond donors (Lipinski definition) is 1. The Balaban J connectivity index is 1.99. The fraction of sp³-hybridized carbons (Fsp3) is 0.875. The summed E-state index contributed by atoms with van der Waals surface area (Å²) in [4.78, 5) is 11.0. The van der Waals surface area contributed by atoms with Crippen LogP contribution in [0.25, 0.3) is 0 Å². The molecule has 2 saturated heterocycles. The Morgan fingerprint density at radius 3 is 2.58 bits per heavy atom. The lowest BCUT2D eigenvalue weighted by atomic mass is 9.78. The van der Waals surface area contributed by atoms with Gasteiger partial charge in [0.1, 0.15) is 0 Å². The second-order valence-corrected chi connectivity index (χ2v) is 4.34. The number of carbonyl (C=O) groups excluding carboxylic acids is 1. The predicted octanol–water partition coefficient (Wildman–Crippen LogP) is 0.742. The molecule has 1 spiro atoms. The predicted molar refractivity (Wildman–Crippen MR) is 46.7 cm³/mol. The van der Waals surface area contributed by atoms with Gasteiger partial charge in [-0.2, -0.15) is 0 Å². The fourth-order valence-electron chi connectivity index (χ4n) is 2.06. The molecule has 0 aromatic rings. The summed E-state index contributed by atoms with van der Waals surface area (Å²) in [6, 6.07) is 0. The summed E-state index contributed by atoms with van der Waals surface area (Å²) >= 11 is 5.84. The van der Waals surface area contributed by atoms with Crippen molar-refractivity contribution in [2.75, 3.05) is 19.6 Å². The van der Waals surface area contributed by atoms with Gasteiger partial charge in [-0.25, -0.2) is 4.42 Å². The number of halogens is 1. The van der Waals surface area contributed by atoms with Crippen LogP contribution in [0.2, 0.25) is 0 Å². The van der Waals surface area contributed by atoms with Gasteiger partial charge < -0.3 is 5.32 Å². The quantitative estimate of drug-likeness (QED) is 0.569. The van der Waals surface area contributed by atoms with Gasteiger partial charge in [0.05, 0.1) is 0 Å². The summed E-state index contributed by atoms with van der Waals surface area (Å²) in [6.45, 7) is 2.68. The largest absolute Gasteiger partial charge is 0.356 e. The van der Waals surface area contributed by atoms with Crippen molar-refractivity contribution in [3.05, 3.63) is 0 Å². The van der Waals surface area contributed by atoms with E-state index in [2.05, 4.69) is 5.32 Å². The maximum absolute atomic E-state index is 11.0. The average Bonchev–Trinajstić information content (AvgIpc) is 2.40. The first-order chi connectivity index (χ1) is 5.70. The summed E-state index contributed by atoms with van der Waals surface area (Å²) in [5.41, 5.74) is 0.239. The number of nitrogens with one attached hydrogen (secondary N) is 1. The van der Waals surface area contributed by atoms with Crippen LogP contribution in [0.15, 0.2) is 0 Å². The van der Waals surface area contributed by atoms with E-state index in [1.807, 2.05) is 4.42 Å². The molecule has 2 aliphatic rings. The third-order valence-corrected chi connectivity index (χ3v) is 3.30. The molecule has 2 fully saturated rings. The van der Waals surface area contributed by atoms with Gasteiger partial charge in [0.25, 0.3) is 0 Å². The van der Waals surface area contributed by atoms with Gasteiger partial charge in [-0.3, -0.25) is 4.79 Å². The molecule has 0 aromatic heterocycles. The van der Waals surface area contributed by atoms with Crippen molar-refractivity contribution in [1.82, 2.24) is 9.74 Å². The Labute approximate surface area is 77.2 Å². The number of amides is 1. The van der Waals surface area contributed by atoms with E-state index < -0.39 is 0 Å². The van der Waals surface area contributed by atoms with Gasteiger partial charge in [-0.1, -0.05) is 0 Å². The molecule has 0 aliphatic carbocycles. The normalized spacial score (nSPS) is 29.2. The number of rotatable bonds is 0. The molecule has 0 radical (unpaired) electrons. The Morgan fingerprint density at radius 1 is 1.42 bits per heavy atom. The summed E-state index contributed by atoms with van der Waals surface area (Å²) in [5, 5.41) is 2.89. The van der Waals surface area contributed by atoms with Crippen LogP contribution in [0.4, 0.5) is 0 Å². The maximum atomic E-state index is 11.0. The van der Waals surface area contributed by atoms with Crippen LogP contribution >= 0.6 is 11.8 Å². The molecule has 0 atom stereocenters. The minimum absolute atomic E-state index is 0.207. The molecule has 2 aliphatic heterocycles. The highest BCUT2D eigenvalue weighted by molar-refractivity contribution is 6.13. The van der Waals surface area contributed by atoms with Crippen LogP contribution < -0.4 is 5.32 Å². The van der Waals surface area contributed by atoms with Gasteiger partial charge in [0.15, 0.2) is 0 Å². The molecule has 2 heterocycles. The molecule has 12 heavy (non-hydrogen) atoms. The third kappa shape index (κ3) is 1.43. The number of nitrogens with zero attached hydrogens (tertiary/aromatic N) is 1. The highest BCUT2D eigenvalue weighted by atomic mass is 35.5. The second kappa shape index (κ2) is 2.89. The van der Waals surface area contributed by atoms with Gasteiger partial charge in [-0.05, 0) is 30.0 Å². The zero-order valence-electron chi connectivity index (χ0n) is 6.98. The van der Waals surface area contributed by atoms with Crippen molar-refractivity contribution in [3.63, 3.8) is 0 Å². The van der Waals surface area contributed by atoms with Crippen LogP contribution in [0.1, 0.15) is 19.3 Å². The molecule has 0 saturated carbocycles. The Morgan fingerprint density at radius 2 is 2.08 bits per heavy atom. The number of piperidine rings is 1. The standard InChI is InChI=1S/C8H13ClN2O/c9-11-3-1-8(2-4-11)5-7(12)10-6-8/h1-6H2,(H,10,12). The SMILES string of the molecule is O=C1CC2(CCN(Cl)CC2)CN1. The topological polar surface area (TPSA) is 32.3 Å². The molecular formula is C8H13ClN2O. The summed E-state index contributed by atoms with van der Waals surface area (Å²) in [5.74, 6) is 0.207. The van der Waals surface area contributed by atoms with Crippen LogP contribution in [0, 0.1) is 5.41 Å². The minimum atomic E-state index is 0.207. The van der Waals surface area contributed by atoms with Crippen molar-refractivity contribution in [3.8, 4) is 0 Å². The van der Waals surface area contributed by atoms with Gasteiger partial charge >= 0.3 is 0 Å². The lowest BCUT2D eigenvalue weighted by Crippen LogP contribution is -2.36. The molecule has 1 N–H and O–H groups in total. The Bertz CT molecular complexity index is 199. The summed E-state index contributed by atoms with van der Waals surface area (Å²) in [7, 11) is 0. The molecule has 3 nitrogen and oxygen atoms in total. The van der Waals surface area contributed by atoms with Crippen LogP contribution in [-0.4, -0.2) is 30.0 Å². The Kier molecular flexibility index (Phi) is 2.00. The van der Waals surface area contributed by atoms with E-state index in [9.17, 15) is 4.79 Å². The highest BCUT2D eigenvalue weighted by Gasteiger charge is 2.40. The van der Waals surface area contributed by atoms with Crippen LogP contribution in [-0.2, 0) is 4.79 Å². The first-order valence-corrected chi connectivity index (χ1v) is 4.71. The minimum Gasteiger partial charge on any atom is -0.356 e. The van der Waals surface area contributed by atoms with Crippen LogP contribution in [0.3, 0.4) is 0 Å². The van der Waals surface area contributed by atoms with E-state index >= 15 is 0 Å². The number of carbonyl (C=O) groups is 1. The van der Waals surface area contributed by atoms with Gasteiger partial charge in [0.2, 0.25) is 5.91 Å². The van der Waals surface area contributed by atoms with E-state index in [1.54, 1.807) is 0 Å². The number of hydrogen-bond acceptors (Lipinski definition) is 2. The molecule has 2 rings (SSSR count). The van der Waals surface area contributed by atoms with E-state index in [0.717, 1.165) is 32.5 Å². The first-order valence-electron chi connectivity index (χ1n) is 4.38. The van der Waals surface area contributed by atoms with Crippen molar-refractivity contribution in [2.24, 2.45) is 5.41 Å². The van der Waals surface area contributed by atoms with E-state index in [1.165, 1.54) is 0 Å². The van der Waals surface area contributed by atoms with Crippen molar-refractivity contribution in [2.45, 2.75) is 19.3 Å². The molecule has 0 bridgehead atoms. The third-order valence-electron chi connectivity index (χ3n) is 2.97. The zero-order chi connectivity index (χ0) is 8.60. The first kappa shape index (κ1) is 8.32. The molecule has 68 valence electrons. The molecule has 0 unspecified atom stereocenters. The van der Waals surface area contributed by atoms with E-state index in [0.29, 0.717) is 6.42 Å². The highest BCUT2D eigenvalue weighted by Crippen LogP contribution is 2.37. The van der Waals surface area contributed by atoms with E-state index in [4.69, 9.17) is 11.8 Å². The van der Waals surface area contributed by atoms with Gasteiger partial charge in [-0.15, -0.1) is 0 Å². The van der Waals surface area contributed by atoms with Gasteiger partial charge in [0, 0.05) is 26.1 Å². The van der Waals surface area contributed by atoms with Crippen molar-refractivity contribution >= 4 is 17.7 Å². The zero-order valence-corrected chi connectivity index (χ0v) is 7.73. The van der Waals surface area contributed by atoms with Crippen molar-refractivity contribution in [1.29, 1.82) is 0 Å². The smallest absolute Gasteiger partial charge is 0.220 e. The lowest BCUT2D eigenvalue weighted by Gasteiger charge is -2.34. The van der Waals surface area contributed by atoms with Crippen molar-refractivity contribution < 1.29 is 4.79 Å². The molecule has 1 amide bonds. The van der Waals surface area contributed by atoms with Crippen LogP contribution in [0.5, 0.6) is 0 Å². The summed E-state index contributed by atoms with van der Waals surface area (Å²) < 4.78 is 1.81. The summed E-state index contributed by atoms with van der Waals surface area (Å²) in [6.07, 6.45) is 2.81. The molecular weight excluding hydrogens is 176 g/mol. The lowest BCUT2D eigenvalue weighted by molar-refractivity contribution is -0.119. The maximum Gasteiger partial charge on any atom is 0.220 e. The van der Waals surface area contributed by atoms with E-state index in [-0.39, 0.29) is 11.3 Å². The molecule has 4 heteroatoms. The monoisotopic (exact) mass is 188 g/mol.